The lowest BCUT2D eigenvalue weighted by Crippen LogP contribution is -2.64. The maximum Gasteiger partial charge on any atom is 0.251 e. The average molecular weight is 436 g/mol. The molecule has 1 saturated carbocycles. The number of hydrogen-bond donors (Lipinski definition) is 1. The van der Waals surface area contributed by atoms with Gasteiger partial charge in [-0.3, -0.25) is 9.59 Å². The summed E-state index contributed by atoms with van der Waals surface area (Å²) < 4.78 is 13.4. The Balaban J connectivity index is 1.16. The quantitative estimate of drug-likeness (QED) is 0.741. The fourth-order valence-corrected chi connectivity index (χ4v) is 5.82. The van der Waals surface area contributed by atoms with Crippen LogP contribution in [0.5, 0.6) is 0 Å². The van der Waals surface area contributed by atoms with E-state index in [9.17, 15) is 14.0 Å². The normalized spacial score (nSPS) is 23.2. The van der Waals surface area contributed by atoms with Gasteiger partial charge in [0, 0.05) is 55.3 Å². The minimum Gasteiger partial charge on any atom is -0.352 e. The van der Waals surface area contributed by atoms with Gasteiger partial charge in [-0.05, 0) is 69.1 Å². The Hall–Kier alpha value is -1.66. The van der Waals surface area contributed by atoms with Crippen molar-refractivity contribution >= 4 is 23.4 Å². The molecule has 0 aromatic heterocycles. The van der Waals surface area contributed by atoms with Gasteiger partial charge in [0.2, 0.25) is 5.91 Å². The van der Waals surface area contributed by atoms with Gasteiger partial charge >= 0.3 is 0 Å². The second-order valence-corrected chi connectivity index (χ2v) is 10.5. The first-order valence-electron chi connectivity index (χ1n) is 10.9. The molecule has 164 valence electrons. The van der Waals surface area contributed by atoms with Gasteiger partial charge in [-0.25, -0.2) is 4.39 Å². The molecule has 3 fully saturated rings. The number of carbonyl (C=O) groups excluding carboxylic acids is 2. The number of halogens is 2. The van der Waals surface area contributed by atoms with Crippen molar-refractivity contribution in [3.8, 4) is 0 Å². The predicted molar refractivity (Wildman–Crippen MR) is 115 cm³/mol. The largest absolute Gasteiger partial charge is 0.352 e. The van der Waals surface area contributed by atoms with Crippen LogP contribution in [-0.2, 0) is 4.79 Å². The van der Waals surface area contributed by atoms with Crippen molar-refractivity contribution < 1.29 is 14.0 Å². The van der Waals surface area contributed by atoms with Gasteiger partial charge in [-0.2, -0.15) is 0 Å². The van der Waals surface area contributed by atoms with Gasteiger partial charge in [-0.1, -0.05) is 11.6 Å². The summed E-state index contributed by atoms with van der Waals surface area (Å²) in [6, 6.07) is 3.89. The molecule has 1 spiro atoms. The molecule has 3 aliphatic rings. The highest BCUT2D eigenvalue weighted by atomic mass is 35.5. The van der Waals surface area contributed by atoms with E-state index in [0.717, 1.165) is 51.9 Å². The van der Waals surface area contributed by atoms with Gasteiger partial charge in [0.05, 0.1) is 0 Å². The maximum absolute atomic E-state index is 13.4. The third kappa shape index (κ3) is 4.50. The van der Waals surface area contributed by atoms with Crippen LogP contribution in [0.2, 0.25) is 5.02 Å². The van der Waals surface area contributed by atoms with E-state index in [4.69, 9.17) is 11.6 Å². The Labute approximate surface area is 182 Å². The van der Waals surface area contributed by atoms with Gasteiger partial charge in [0.15, 0.2) is 0 Å². The van der Waals surface area contributed by atoms with Crippen molar-refractivity contribution in [2.45, 2.75) is 51.5 Å². The van der Waals surface area contributed by atoms with Crippen molar-refractivity contribution in [1.82, 2.24) is 15.1 Å². The number of piperidine rings is 1. The summed E-state index contributed by atoms with van der Waals surface area (Å²) in [5.41, 5.74) is 0.627. The zero-order valence-electron chi connectivity index (χ0n) is 17.8. The van der Waals surface area contributed by atoms with E-state index in [1.807, 2.05) is 0 Å². The number of amides is 2. The van der Waals surface area contributed by atoms with E-state index in [1.54, 1.807) is 0 Å². The topological polar surface area (TPSA) is 52.7 Å². The predicted octanol–water partition coefficient (Wildman–Crippen LogP) is 3.71. The number of nitrogens with zero attached hydrogens (tertiary/aromatic N) is 2. The number of likely N-dealkylation sites (tertiary alicyclic amines) is 2. The second kappa shape index (κ2) is 8.12. The average Bonchev–Trinajstić information content (AvgIpc) is 2.58. The molecule has 7 heteroatoms. The van der Waals surface area contributed by atoms with Crippen LogP contribution in [0.4, 0.5) is 4.39 Å². The summed E-state index contributed by atoms with van der Waals surface area (Å²) in [4.78, 5) is 29.0. The molecule has 2 saturated heterocycles. The van der Waals surface area contributed by atoms with Crippen molar-refractivity contribution in [1.29, 1.82) is 0 Å². The van der Waals surface area contributed by atoms with Crippen LogP contribution < -0.4 is 5.32 Å². The smallest absolute Gasteiger partial charge is 0.251 e. The molecule has 1 aromatic carbocycles. The highest BCUT2D eigenvalue weighted by Gasteiger charge is 2.51. The molecule has 30 heavy (non-hydrogen) atoms. The molecule has 2 heterocycles. The number of hydrogen-bond acceptors (Lipinski definition) is 3. The molecule has 1 aliphatic carbocycles. The van der Waals surface area contributed by atoms with Crippen molar-refractivity contribution in [2.75, 3.05) is 32.7 Å². The van der Waals surface area contributed by atoms with Crippen LogP contribution >= 0.6 is 11.6 Å². The van der Waals surface area contributed by atoms with E-state index in [0.29, 0.717) is 30.2 Å². The van der Waals surface area contributed by atoms with Crippen molar-refractivity contribution in [3.05, 3.63) is 34.6 Å². The zero-order valence-corrected chi connectivity index (χ0v) is 18.6. The Morgan fingerprint density at radius 2 is 1.97 bits per heavy atom. The molecule has 1 aromatic rings. The molecular formula is C23H31ClFN3O2. The summed E-state index contributed by atoms with van der Waals surface area (Å²) in [5.74, 6) is -0.0101. The van der Waals surface area contributed by atoms with E-state index in [1.165, 1.54) is 18.2 Å². The van der Waals surface area contributed by atoms with E-state index < -0.39 is 5.82 Å². The second-order valence-electron chi connectivity index (χ2n) is 10.1. The zero-order chi connectivity index (χ0) is 21.5. The van der Waals surface area contributed by atoms with E-state index in [2.05, 4.69) is 29.0 Å². The first-order valence-corrected chi connectivity index (χ1v) is 11.3. The molecule has 0 bridgehead atoms. The number of nitrogens with one attached hydrogen (secondary N) is 1. The molecule has 4 rings (SSSR count). The maximum atomic E-state index is 13.4. The summed E-state index contributed by atoms with van der Waals surface area (Å²) in [7, 11) is 0. The van der Waals surface area contributed by atoms with Crippen LogP contribution in [-0.4, -0.2) is 59.9 Å². The number of carbonyl (C=O) groups is 2. The van der Waals surface area contributed by atoms with E-state index >= 15 is 0 Å². The van der Waals surface area contributed by atoms with Gasteiger partial charge in [-0.15, -0.1) is 0 Å². The van der Waals surface area contributed by atoms with Crippen LogP contribution in [0, 0.1) is 17.2 Å². The van der Waals surface area contributed by atoms with Crippen LogP contribution in [0.25, 0.3) is 0 Å². The minimum absolute atomic E-state index is 0.0243. The first-order chi connectivity index (χ1) is 14.2. The highest BCUT2D eigenvalue weighted by Crippen LogP contribution is 2.51. The number of rotatable bonds is 6. The molecule has 0 unspecified atom stereocenters. The van der Waals surface area contributed by atoms with E-state index in [-0.39, 0.29) is 22.0 Å². The molecule has 5 nitrogen and oxygen atoms in total. The summed E-state index contributed by atoms with van der Waals surface area (Å²) in [6.45, 7) is 8.88. The first kappa shape index (κ1) is 21.6. The van der Waals surface area contributed by atoms with Gasteiger partial charge in [0.25, 0.3) is 5.91 Å². The third-order valence-electron chi connectivity index (χ3n) is 7.09. The fourth-order valence-electron chi connectivity index (χ4n) is 5.60. The van der Waals surface area contributed by atoms with Crippen LogP contribution in [0.1, 0.15) is 56.3 Å². The van der Waals surface area contributed by atoms with Gasteiger partial charge in [0.1, 0.15) is 5.82 Å². The Morgan fingerprint density at radius 1 is 1.23 bits per heavy atom. The highest BCUT2D eigenvalue weighted by molar-refractivity contribution is 6.31. The summed E-state index contributed by atoms with van der Waals surface area (Å²) in [5, 5.41) is 3.14. The lowest BCUT2D eigenvalue weighted by Gasteiger charge is -2.60. The number of benzene rings is 1. The minimum atomic E-state index is -0.501. The molecule has 2 amide bonds. The fraction of sp³-hybridized carbons (Fsp3) is 0.652. The molecule has 1 N–H and O–H groups in total. The molecular weight excluding hydrogens is 405 g/mol. The molecule has 2 aliphatic heterocycles. The lowest BCUT2D eigenvalue weighted by atomic mass is 9.57. The van der Waals surface area contributed by atoms with Crippen LogP contribution in [0.15, 0.2) is 18.2 Å². The Morgan fingerprint density at radius 3 is 2.63 bits per heavy atom. The monoisotopic (exact) mass is 435 g/mol. The SMILES string of the molecule is CC1(C)CCCC(=O)N1CCN1CC2(CC(CNC(=O)c3cc(F)cc(Cl)c3)C2)C1. The Kier molecular flexibility index (Phi) is 5.84. The molecule has 0 atom stereocenters. The standard InChI is InChI=1S/C23H31ClFN3O2/c1-22(2)5-3-4-20(29)28(22)7-6-27-14-23(15-27)11-16(12-23)13-26-21(30)17-8-18(24)10-19(25)9-17/h8-10,16H,3-7,11-15H2,1-2H3,(H,26,30). The summed E-state index contributed by atoms with van der Waals surface area (Å²) in [6.07, 6.45) is 4.99. The van der Waals surface area contributed by atoms with Gasteiger partial charge < -0.3 is 15.1 Å². The van der Waals surface area contributed by atoms with Crippen molar-refractivity contribution in [3.63, 3.8) is 0 Å². The van der Waals surface area contributed by atoms with Crippen LogP contribution in [0.3, 0.4) is 0 Å². The Bertz CT molecular complexity index is 809. The lowest BCUT2D eigenvalue weighted by molar-refractivity contribution is -0.142. The molecule has 0 radical (unpaired) electrons. The van der Waals surface area contributed by atoms with Crippen molar-refractivity contribution in [2.24, 2.45) is 11.3 Å². The summed E-state index contributed by atoms with van der Waals surface area (Å²) >= 11 is 5.83. The third-order valence-corrected chi connectivity index (χ3v) is 7.31.